The number of benzene rings is 1. The highest BCUT2D eigenvalue weighted by Crippen LogP contribution is 2.52. The van der Waals surface area contributed by atoms with Gasteiger partial charge in [0, 0.05) is 44.3 Å². The van der Waals surface area contributed by atoms with E-state index in [1.807, 2.05) is 12.1 Å². The number of hydrogen-bond acceptors (Lipinski definition) is 5. The van der Waals surface area contributed by atoms with Gasteiger partial charge in [-0.15, -0.1) is 0 Å². The van der Waals surface area contributed by atoms with E-state index >= 15 is 0 Å². The number of hydrogen-bond donors (Lipinski definition) is 0. The maximum absolute atomic E-state index is 12.8. The van der Waals surface area contributed by atoms with Crippen LogP contribution >= 0.6 is 0 Å². The molecule has 1 aromatic rings. The van der Waals surface area contributed by atoms with E-state index in [0.29, 0.717) is 0 Å². The molecule has 0 amide bonds. The van der Waals surface area contributed by atoms with Crippen LogP contribution in [0.3, 0.4) is 0 Å². The zero-order valence-corrected chi connectivity index (χ0v) is 19.0. The monoisotopic (exact) mass is 422 g/mol. The number of esters is 1. The van der Waals surface area contributed by atoms with Crippen molar-refractivity contribution in [3.63, 3.8) is 0 Å². The Kier molecular flexibility index (Phi) is 5.33. The molecule has 2 aliphatic heterocycles. The van der Waals surface area contributed by atoms with Crippen molar-refractivity contribution in [3.05, 3.63) is 47.6 Å². The quantitative estimate of drug-likeness (QED) is 0.685. The Hall–Kier alpha value is -2.27. The molecule has 4 atom stereocenters. The second-order valence-corrected chi connectivity index (χ2v) is 9.92. The van der Waals surface area contributed by atoms with Crippen LogP contribution in [0.2, 0.25) is 0 Å². The minimum Gasteiger partial charge on any atom is -0.497 e. The topological polar surface area (TPSA) is 42.0 Å². The highest BCUT2D eigenvalue weighted by Gasteiger charge is 2.51. The summed E-state index contributed by atoms with van der Waals surface area (Å²) in [6, 6.07) is 8.28. The molecule has 2 heterocycles. The second-order valence-electron chi connectivity index (χ2n) is 9.92. The highest BCUT2D eigenvalue weighted by molar-refractivity contribution is 5.76. The van der Waals surface area contributed by atoms with Crippen molar-refractivity contribution in [1.82, 2.24) is 4.90 Å². The van der Waals surface area contributed by atoms with E-state index in [1.165, 1.54) is 16.8 Å². The highest BCUT2D eigenvalue weighted by atomic mass is 16.6. The normalized spacial score (nSPS) is 33.2. The van der Waals surface area contributed by atoms with Crippen LogP contribution in [0.1, 0.15) is 33.1 Å². The molecule has 166 valence electrons. The van der Waals surface area contributed by atoms with Gasteiger partial charge in [0.1, 0.15) is 11.9 Å². The molecule has 2 aliphatic carbocycles. The molecule has 5 heteroatoms. The molecular formula is C26H34N2O3. The number of rotatable bonds is 4. The lowest BCUT2D eigenvalue weighted by Gasteiger charge is -2.43. The first-order valence-electron chi connectivity index (χ1n) is 11.7. The van der Waals surface area contributed by atoms with Crippen molar-refractivity contribution < 1.29 is 14.3 Å². The zero-order valence-electron chi connectivity index (χ0n) is 19.0. The third-order valence-electron chi connectivity index (χ3n) is 7.96. The van der Waals surface area contributed by atoms with Crippen LogP contribution in [-0.4, -0.2) is 56.8 Å². The van der Waals surface area contributed by atoms with E-state index in [0.717, 1.165) is 57.7 Å². The van der Waals surface area contributed by atoms with Gasteiger partial charge in [-0.25, -0.2) is 0 Å². The van der Waals surface area contributed by atoms with Gasteiger partial charge in [-0.05, 0) is 61.4 Å². The predicted molar refractivity (Wildman–Crippen MR) is 122 cm³/mol. The number of fused-ring (bicyclic) bond motifs is 2. The number of ether oxygens (including phenoxy) is 2. The Morgan fingerprint density at radius 3 is 2.61 bits per heavy atom. The van der Waals surface area contributed by atoms with Gasteiger partial charge in [-0.3, -0.25) is 9.69 Å². The summed E-state index contributed by atoms with van der Waals surface area (Å²) in [4.78, 5) is 17.7. The molecule has 5 nitrogen and oxygen atoms in total. The van der Waals surface area contributed by atoms with Gasteiger partial charge in [0.05, 0.1) is 13.0 Å². The third-order valence-corrected chi connectivity index (χ3v) is 7.96. The van der Waals surface area contributed by atoms with E-state index in [4.69, 9.17) is 9.47 Å². The number of anilines is 1. The standard InChI is InChI=1S/C26H34N2O3/c1-18-5-4-10-26(2)16-24-21(15-23(18)26)22(25(29)31-24)17-27-11-13-28(14-12-27)19-6-8-20(30-3)9-7-19/h5-9,15,21-22,24H,4,10-14,16-17H2,1-3H3/t21-,22+,24+,26-/m0/s1. The third kappa shape index (κ3) is 3.78. The molecule has 0 unspecified atom stereocenters. The van der Waals surface area contributed by atoms with Gasteiger partial charge in [-0.1, -0.05) is 24.6 Å². The Labute approximate surface area is 185 Å². The molecule has 1 aromatic carbocycles. The summed E-state index contributed by atoms with van der Waals surface area (Å²) in [6.07, 6.45) is 8.09. The average Bonchev–Trinajstić information content (AvgIpc) is 3.06. The molecule has 0 N–H and O–H groups in total. The lowest BCUT2D eigenvalue weighted by molar-refractivity contribution is -0.145. The smallest absolute Gasteiger partial charge is 0.311 e. The largest absolute Gasteiger partial charge is 0.497 e. The van der Waals surface area contributed by atoms with Crippen molar-refractivity contribution in [1.29, 1.82) is 0 Å². The Morgan fingerprint density at radius 2 is 1.90 bits per heavy atom. The average molecular weight is 423 g/mol. The van der Waals surface area contributed by atoms with Crippen molar-refractivity contribution in [2.75, 3.05) is 44.7 Å². The molecule has 5 rings (SSSR count). The van der Waals surface area contributed by atoms with Crippen molar-refractivity contribution in [2.24, 2.45) is 17.3 Å². The minimum atomic E-state index is -0.0377. The predicted octanol–water partition coefficient (Wildman–Crippen LogP) is 4.05. The van der Waals surface area contributed by atoms with Crippen molar-refractivity contribution in [2.45, 2.75) is 39.2 Å². The summed E-state index contributed by atoms with van der Waals surface area (Å²) in [6.45, 7) is 9.28. The number of carbonyl (C=O) groups excluding carboxylic acids is 1. The van der Waals surface area contributed by atoms with Gasteiger partial charge < -0.3 is 14.4 Å². The Bertz CT molecular complexity index is 898. The summed E-state index contributed by atoms with van der Waals surface area (Å²) >= 11 is 0. The number of piperazine rings is 1. The van der Waals surface area contributed by atoms with E-state index in [1.54, 1.807) is 7.11 Å². The first-order chi connectivity index (χ1) is 15.0. The molecule has 31 heavy (non-hydrogen) atoms. The Morgan fingerprint density at radius 1 is 1.16 bits per heavy atom. The van der Waals surface area contributed by atoms with Crippen molar-refractivity contribution >= 4 is 11.7 Å². The van der Waals surface area contributed by atoms with Crippen LogP contribution < -0.4 is 9.64 Å². The van der Waals surface area contributed by atoms with Gasteiger partial charge in [0.15, 0.2) is 0 Å². The number of nitrogens with zero attached hydrogens (tertiary/aromatic N) is 2. The summed E-state index contributed by atoms with van der Waals surface area (Å²) in [7, 11) is 1.70. The fraction of sp³-hybridized carbons (Fsp3) is 0.577. The molecule has 0 saturated carbocycles. The van der Waals surface area contributed by atoms with Crippen molar-refractivity contribution in [3.8, 4) is 5.75 Å². The van der Waals surface area contributed by atoms with Gasteiger partial charge >= 0.3 is 5.97 Å². The molecular weight excluding hydrogens is 388 g/mol. The Balaban J connectivity index is 1.25. The van der Waals surface area contributed by atoms with Crippen LogP contribution in [0.15, 0.2) is 47.6 Å². The fourth-order valence-corrected chi connectivity index (χ4v) is 6.10. The molecule has 0 spiro atoms. The van der Waals surface area contributed by atoms with E-state index in [9.17, 15) is 4.79 Å². The van der Waals surface area contributed by atoms with E-state index in [2.05, 4.69) is 47.9 Å². The minimum absolute atomic E-state index is 0.00770. The number of allylic oxidation sites excluding steroid dienone is 3. The number of methoxy groups -OCH3 is 1. The van der Waals surface area contributed by atoms with Gasteiger partial charge in [0.2, 0.25) is 0 Å². The first kappa shape index (κ1) is 20.6. The van der Waals surface area contributed by atoms with E-state index < -0.39 is 0 Å². The van der Waals surface area contributed by atoms with Crippen LogP contribution in [0, 0.1) is 17.3 Å². The summed E-state index contributed by atoms with van der Waals surface area (Å²) in [5.41, 5.74) is 4.27. The summed E-state index contributed by atoms with van der Waals surface area (Å²) in [5.74, 6) is 1.08. The maximum atomic E-state index is 12.8. The van der Waals surface area contributed by atoms with Crippen LogP contribution in [0.25, 0.3) is 0 Å². The first-order valence-corrected chi connectivity index (χ1v) is 11.7. The van der Waals surface area contributed by atoms with Crippen LogP contribution in [0.5, 0.6) is 5.75 Å². The maximum Gasteiger partial charge on any atom is 0.311 e. The summed E-state index contributed by atoms with van der Waals surface area (Å²) < 4.78 is 11.2. The fourth-order valence-electron chi connectivity index (χ4n) is 6.10. The SMILES string of the molecule is COc1ccc(N2CCN(C[C@H]3C(=O)O[C@@H]4C[C@]5(C)CCC=C(C)C5=C[C@H]43)CC2)cc1. The summed E-state index contributed by atoms with van der Waals surface area (Å²) in [5, 5.41) is 0. The molecule has 2 saturated heterocycles. The van der Waals surface area contributed by atoms with Gasteiger partial charge in [0.25, 0.3) is 0 Å². The van der Waals surface area contributed by atoms with E-state index in [-0.39, 0.29) is 29.3 Å². The number of carbonyl (C=O) groups is 1. The lowest BCUT2D eigenvalue weighted by atomic mass is 9.62. The molecule has 0 aromatic heterocycles. The van der Waals surface area contributed by atoms with Crippen LogP contribution in [-0.2, 0) is 9.53 Å². The molecule has 2 fully saturated rings. The van der Waals surface area contributed by atoms with Crippen LogP contribution in [0.4, 0.5) is 5.69 Å². The molecule has 0 radical (unpaired) electrons. The second kappa shape index (κ2) is 8.01. The molecule has 0 bridgehead atoms. The molecule has 4 aliphatic rings. The zero-order chi connectivity index (χ0) is 21.6. The van der Waals surface area contributed by atoms with Gasteiger partial charge in [-0.2, -0.15) is 0 Å². The lowest BCUT2D eigenvalue weighted by Crippen LogP contribution is -2.49.